The van der Waals surface area contributed by atoms with Crippen LogP contribution in [0.2, 0.25) is 0 Å². The number of rotatable bonds is 0. The highest BCUT2D eigenvalue weighted by Crippen LogP contribution is 2.27. The average molecular weight is 199 g/mol. The smallest absolute Gasteiger partial charge is 0.291 e. The van der Waals surface area contributed by atoms with Gasteiger partial charge in [0.25, 0.3) is 0 Å². The van der Waals surface area contributed by atoms with Crippen molar-refractivity contribution in [3.05, 3.63) is 24.3 Å². The quantitative estimate of drug-likeness (QED) is 0.559. The van der Waals surface area contributed by atoms with Crippen molar-refractivity contribution in [2.45, 2.75) is 6.18 Å². The molecule has 3 nitrogen and oxygen atoms in total. The molecule has 0 bridgehead atoms. The molecule has 0 unspecified atom stereocenters. The molecule has 0 radical (unpaired) electrons. The molecule has 14 heavy (non-hydrogen) atoms. The maximum atomic E-state index is 12.2. The number of nitrogens with zero attached hydrogens (tertiary/aromatic N) is 3. The van der Waals surface area contributed by atoms with Gasteiger partial charge < -0.3 is 0 Å². The summed E-state index contributed by atoms with van der Waals surface area (Å²) in [7, 11) is 1.75. The third kappa shape index (κ3) is 1.45. The zero-order chi connectivity index (χ0) is 10.3. The van der Waals surface area contributed by atoms with E-state index in [9.17, 15) is 13.2 Å². The molecule has 0 amide bonds. The van der Waals surface area contributed by atoms with E-state index < -0.39 is 11.9 Å². The minimum absolute atomic E-state index is 0.0583. The predicted molar refractivity (Wildman–Crippen MR) is 46.2 cm³/mol. The highest BCUT2D eigenvalue weighted by atomic mass is 19.4. The molecule has 0 saturated heterocycles. The van der Waals surface area contributed by atoms with Gasteiger partial charge >= 0.3 is 6.18 Å². The van der Waals surface area contributed by atoms with Gasteiger partial charge in [0.1, 0.15) is 7.85 Å². The SMILES string of the molecule is Bc1cnc2nc(C(F)(F)F)cn2c1. The van der Waals surface area contributed by atoms with Crippen LogP contribution < -0.4 is 5.46 Å². The van der Waals surface area contributed by atoms with Gasteiger partial charge in [-0.15, -0.1) is 0 Å². The summed E-state index contributed by atoms with van der Waals surface area (Å²) in [5.74, 6) is 0.0583. The Hall–Kier alpha value is -1.53. The van der Waals surface area contributed by atoms with Gasteiger partial charge in [0.2, 0.25) is 5.78 Å². The van der Waals surface area contributed by atoms with Crippen molar-refractivity contribution in [1.82, 2.24) is 14.4 Å². The molecule has 0 fully saturated rings. The minimum atomic E-state index is -4.42. The van der Waals surface area contributed by atoms with Crippen LogP contribution in [0.25, 0.3) is 5.78 Å². The summed E-state index contributed by atoms with van der Waals surface area (Å²) in [6.45, 7) is 0. The molecule has 0 atom stereocenters. The summed E-state index contributed by atoms with van der Waals surface area (Å²) < 4.78 is 37.9. The fourth-order valence-corrected chi connectivity index (χ4v) is 1.12. The van der Waals surface area contributed by atoms with Crippen LogP contribution in [-0.4, -0.2) is 22.2 Å². The van der Waals surface area contributed by atoms with Crippen LogP contribution in [-0.2, 0) is 6.18 Å². The summed E-state index contributed by atoms with van der Waals surface area (Å²) >= 11 is 0. The normalized spacial score (nSPS) is 12.2. The molecule has 0 saturated carbocycles. The second-order valence-electron chi connectivity index (χ2n) is 2.96. The molecule has 2 aromatic rings. The van der Waals surface area contributed by atoms with Gasteiger partial charge in [-0.25, -0.2) is 9.97 Å². The fraction of sp³-hybridized carbons (Fsp3) is 0.143. The average Bonchev–Trinajstić information content (AvgIpc) is 2.45. The number of halogens is 3. The first-order chi connectivity index (χ1) is 6.47. The van der Waals surface area contributed by atoms with Crippen molar-refractivity contribution in [3.8, 4) is 0 Å². The lowest BCUT2D eigenvalue weighted by molar-refractivity contribution is -0.140. The van der Waals surface area contributed by atoms with E-state index >= 15 is 0 Å². The van der Waals surface area contributed by atoms with Crippen LogP contribution in [0.1, 0.15) is 5.69 Å². The first-order valence-corrected chi connectivity index (χ1v) is 3.85. The monoisotopic (exact) mass is 199 g/mol. The topological polar surface area (TPSA) is 30.2 Å². The largest absolute Gasteiger partial charge is 0.434 e. The Labute approximate surface area is 78.0 Å². The number of hydrogen-bond donors (Lipinski definition) is 0. The van der Waals surface area contributed by atoms with Crippen LogP contribution in [0.4, 0.5) is 13.2 Å². The molecule has 2 rings (SSSR count). The number of fused-ring (bicyclic) bond motifs is 1. The summed E-state index contributed by atoms with van der Waals surface area (Å²) in [4.78, 5) is 7.12. The second kappa shape index (κ2) is 2.73. The molecule has 0 aliphatic carbocycles. The summed E-state index contributed by atoms with van der Waals surface area (Å²) in [6.07, 6.45) is -0.468. The van der Waals surface area contributed by atoms with Crippen molar-refractivity contribution < 1.29 is 13.2 Å². The maximum Gasteiger partial charge on any atom is 0.434 e. The Kier molecular flexibility index (Phi) is 1.76. The summed E-state index contributed by atoms with van der Waals surface area (Å²) in [6, 6.07) is 0. The first kappa shape index (κ1) is 9.05. The lowest BCUT2D eigenvalue weighted by atomic mass is 10.0. The number of alkyl halides is 3. The van der Waals surface area contributed by atoms with E-state index in [1.165, 1.54) is 10.6 Å². The molecular formula is C7H5BF3N3. The standard InChI is InChI=1S/C7H5BF3N3/c8-4-1-12-6-13-5(7(9,10)11)3-14(6)2-4/h1-3H,8H2. The lowest BCUT2D eigenvalue weighted by Gasteiger charge is -1.98. The third-order valence-electron chi connectivity index (χ3n) is 1.73. The predicted octanol–water partition coefficient (Wildman–Crippen LogP) is 0.00650. The number of hydrogen-bond acceptors (Lipinski definition) is 2. The number of aromatic nitrogens is 3. The van der Waals surface area contributed by atoms with E-state index in [0.717, 1.165) is 11.7 Å². The zero-order valence-electron chi connectivity index (χ0n) is 7.21. The van der Waals surface area contributed by atoms with Gasteiger partial charge in [-0.1, -0.05) is 5.46 Å². The van der Waals surface area contributed by atoms with E-state index in [1.54, 1.807) is 14.0 Å². The van der Waals surface area contributed by atoms with Crippen molar-refractivity contribution in [1.29, 1.82) is 0 Å². The molecule has 0 aliphatic heterocycles. The molecule has 2 aromatic heterocycles. The Morgan fingerprint density at radius 3 is 2.64 bits per heavy atom. The van der Waals surface area contributed by atoms with Crippen LogP contribution in [0.15, 0.2) is 18.6 Å². The van der Waals surface area contributed by atoms with Gasteiger partial charge in [-0.05, 0) is 0 Å². The molecule has 0 N–H and O–H groups in total. The third-order valence-corrected chi connectivity index (χ3v) is 1.73. The lowest BCUT2D eigenvalue weighted by Crippen LogP contribution is -2.05. The van der Waals surface area contributed by atoms with Crippen molar-refractivity contribution in [2.24, 2.45) is 0 Å². The highest BCUT2D eigenvalue weighted by molar-refractivity contribution is 6.31. The Bertz CT molecular complexity index is 476. The summed E-state index contributed by atoms with van der Waals surface area (Å²) in [5.41, 5.74) is -0.140. The van der Waals surface area contributed by atoms with Gasteiger partial charge in [-0.2, -0.15) is 13.2 Å². The van der Waals surface area contributed by atoms with E-state index in [1.807, 2.05) is 0 Å². The molecule has 2 heterocycles. The second-order valence-corrected chi connectivity index (χ2v) is 2.96. The van der Waals surface area contributed by atoms with Gasteiger partial charge in [0.05, 0.1) is 0 Å². The first-order valence-electron chi connectivity index (χ1n) is 3.85. The molecule has 7 heteroatoms. The Morgan fingerprint density at radius 2 is 2.00 bits per heavy atom. The van der Waals surface area contributed by atoms with E-state index in [-0.39, 0.29) is 5.78 Å². The van der Waals surface area contributed by atoms with Crippen molar-refractivity contribution >= 4 is 19.1 Å². The molecular weight excluding hydrogens is 194 g/mol. The number of imidazole rings is 1. The molecule has 0 aliphatic rings. The van der Waals surface area contributed by atoms with Crippen molar-refractivity contribution in [2.75, 3.05) is 0 Å². The van der Waals surface area contributed by atoms with Crippen LogP contribution in [0.5, 0.6) is 0 Å². The Morgan fingerprint density at radius 1 is 1.29 bits per heavy atom. The summed E-state index contributed by atoms with van der Waals surface area (Å²) in [5, 5.41) is 0. The van der Waals surface area contributed by atoms with Gasteiger partial charge in [0.15, 0.2) is 5.69 Å². The molecule has 0 aromatic carbocycles. The zero-order valence-corrected chi connectivity index (χ0v) is 7.21. The minimum Gasteiger partial charge on any atom is -0.291 e. The highest BCUT2D eigenvalue weighted by Gasteiger charge is 2.34. The fourth-order valence-electron chi connectivity index (χ4n) is 1.12. The maximum absolute atomic E-state index is 12.2. The van der Waals surface area contributed by atoms with E-state index in [2.05, 4.69) is 9.97 Å². The Balaban J connectivity index is 2.63. The van der Waals surface area contributed by atoms with Crippen LogP contribution >= 0.6 is 0 Å². The molecule has 72 valence electrons. The molecule has 0 spiro atoms. The van der Waals surface area contributed by atoms with E-state index in [4.69, 9.17) is 0 Å². The van der Waals surface area contributed by atoms with Crippen LogP contribution in [0.3, 0.4) is 0 Å². The van der Waals surface area contributed by atoms with Gasteiger partial charge in [-0.3, -0.25) is 4.40 Å². The van der Waals surface area contributed by atoms with E-state index in [0.29, 0.717) is 0 Å². The van der Waals surface area contributed by atoms with Crippen LogP contribution in [0, 0.1) is 0 Å². The van der Waals surface area contributed by atoms with Gasteiger partial charge in [0, 0.05) is 18.6 Å². The van der Waals surface area contributed by atoms with Crippen molar-refractivity contribution in [3.63, 3.8) is 0 Å².